The second-order valence-electron chi connectivity index (χ2n) is 4.50. The lowest BCUT2D eigenvalue weighted by Crippen LogP contribution is -2.45. The fourth-order valence-electron chi connectivity index (χ4n) is 2.37. The van der Waals surface area contributed by atoms with Crippen LogP contribution in [0.3, 0.4) is 0 Å². The van der Waals surface area contributed by atoms with E-state index in [-0.39, 0.29) is 41.7 Å². The Morgan fingerprint density at radius 3 is 2.55 bits per heavy atom. The zero-order valence-corrected chi connectivity index (χ0v) is 13.5. The smallest absolute Gasteiger partial charge is 0.141 e. The summed E-state index contributed by atoms with van der Waals surface area (Å²) in [5.74, 6) is -0.363. The van der Waals surface area contributed by atoms with E-state index in [1.165, 1.54) is 6.07 Å². The zero-order valence-electron chi connectivity index (χ0n) is 11.1. The van der Waals surface area contributed by atoms with Gasteiger partial charge in [0.25, 0.3) is 0 Å². The maximum absolute atomic E-state index is 13.2. The lowest BCUT2D eigenvalue weighted by molar-refractivity contribution is 0.174. The van der Waals surface area contributed by atoms with E-state index in [0.29, 0.717) is 0 Å². The van der Waals surface area contributed by atoms with E-state index in [9.17, 15) is 4.39 Å². The zero-order chi connectivity index (χ0) is 13.0. The Labute approximate surface area is 137 Å². The molecule has 0 radical (unpaired) electrons. The van der Waals surface area contributed by atoms with E-state index >= 15 is 0 Å². The number of nitrogens with one attached hydrogen (secondary N) is 1. The third-order valence-corrected chi connectivity index (χ3v) is 3.60. The highest BCUT2D eigenvalue weighted by atomic mass is 35.5. The van der Waals surface area contributed by atoms with Crippen LogP contribution in [0.25, 0.3) is 0 Å². The van der Waals surface area contributed by atoms with Gasteiger partial charge < -0.3 is 5.32 Å². The molecule has 0 bridgehead atoms. The Morgan fingerprint density at radius 2 is 2.00 bits per heavy atom. The van der Waals surface area contributed by atoms with E-state index in [1.807, 2.05) is 12.1 Å². The summed E-state index contributed by atoms with van der Waals surface area (Å²) in [7, 11) is 0. The Morgan fingerprint density at radius 1 is 1.35 bits per heavy atom. The Hall–Kier alpha value is -0.320. The van der Waals surface area contributed by atoms with Crippen molar-refractivity contribution in [3.05, 3.63) is 47.3 Å². The molecule has 1 heterocycles. The van der Waals surface area contributed by atoms with Gasteiger partial charge in [0, 0.05) is 32.2 Å². The predicted octanol–water partition coefficient (Wildman–Crippen LogP) is 3.85. The van der Waals surface area contributed by atoms with Gasteiger partial charge in [-0.05, 0) is 24.1 Å². The summed E-state index contributed by atoms with van der Waals surface area (Å²) in [5.41, 5.74) is 1.06. The van der Waals surface area contributed by atoms with Crippen molar-refractivity contribution >= 4 is 36.4 Å². The number of rotatable bonds is 4. The van der Waals surface area contributed by atoms with Gasteiger partial charge in [0.05, 0.1) is 5.02 Å². The van der Waals surface area contributed by atoms with Gasteiger partial charge in [-0.25, -0.2) is 4.39 Å². The standard InChI is InChI=1S/C14H18ClFN2.2ClH/c1-2-3-14(18-8-6-17-7-9-18)11-4-5-13(16)12(15)10-11;;/h2,4-5,10,14,17H,1,3,6-9H2;2*1H/t14-;;/m0../s1. The van der Waals surface area contributed by atoms with Crippen LogP contribution in [0.1, 0.15) is 18.0 Å². The molecule has 2 rings (SSSR count). The molecule has 1 aromatic carbocycles. The first-order valence-corrected chi connectivity index (χ1v) is 6.61. The first-order chi connectivity index (χ1) is 8.72. The topological polar surface area (TPSA) is 15.3 Å². The summed E-state index contributed by atoms with van der Waals surface area (Å²) in [6.07, 6.45) is 2.76. The summed E-state index contributed by atoms with van der Waals surface area (Å²) in [4.78, 5) is 2.39. The van der Waals surface area contributed by atoms with Crippen LogP contribution in [0.15, 0.2) is 30.9 Å². The largest absolute Gasteiger partial charge is 0.314 e. The van der Waals surface area contributed by atoms with Gasteiger partial charge >= 0.3 is 0 Å². The van der Waals surface area contributed by atoms with Crippen molar-refractivity contribution in [2.45, 2.75) is 12.5 Å². The molecule has 1 atom stereocenters. The SMILES string of the molecule is C=CC[C@@H](c1ccc(F)c(Cl)c1)N1CCNCC1.Cl.Cl. The monoisotopic (exact) mass is 340 g/mol. The quantitative estimate of drug-likeness (QED) is 0.837. The van der Waals surface area contributed by atoms with Crippen molar-refractivity contribution in [2.75, 3.05) is 26.2 Å². The molecule has 0 saturated carbocycles. The molecule has 1 saturated heterocycles. The second-order valence-corrected chi connectivity index (χ2v) is 4.91. The van der Waals surface area contributed by atoms with Gasteiger partial charge in [-0.1, -0.05) is 23.7 Å². The van der Waals surface area contributed by atoms with E-state index in [2.05, 4.69) is 16.8 Å². The number of hydrogen-bond acceptors (Lipinski definition) is 2. The molecule has 1 aromatic rings. The molecule has 0 amide bonds. The van der Waals surface area contributed by atoms with Crippen molar-refractivity contribution < 1.29 is 4.39 Å². The van der Waals surface area contributed by atoms with Gasteiger partial charge in [0.1, 0.15) is 5.82 Å². The normalized spacial score (nSPS) is 16.7. The minimum absolute atomic E-state index is 0. The molecule has 0 spiro atoms. The van der Waals surface area contributed by atoms with Gasteiger partial charge in [-0.2, -0.15) is 0 Å². The molecule has 1 aliphatic heterocycles. The summed E-state index contributed by atoms with van der Waals surface area (Å²) in [6.45, 7) is 7.78. The highest BCUT2D eigenvalue weighted by Gasteiger charge is 2.21. The highest BCUT2D eigenvalue weighted by molar-refractivity contribution is 6.30. The van der Waals surface area contributed by atoms with Crippen molar-refractivity contribution in [3.63, 3.8) is 0 Å². The Balaban J connectivity index is 0.00000180. The van der Waals surface area contributed by atoms with Crippen LogP contribution in [0.2, 0.25) is 5.02 Å². The van der Waals surface area contributed by atoms with Crippen LogP contribution in [0, 0.1) is 5.82 Å². The fourth-order valence-corrected chi connectivity index (χ4v) is 2.56. The fraction of sp³-hybridized carbons (Fsp3) is 0.429. The third-order valence-electron chi connectivity index (χ3n) is 3.31. The minimum Gasteiger partial charge on any atom is -0.314 e. The molecule has 114 valence electrons. The van der Waals surface area contributed by atoms with Crippen molar-refractivity contribution in [2.24, 2.45) is 0 Å². The number of piperazine rings is 1. The molecule has 1 fully saturated rings. The molecule has 20 heavy (non-hydrogen) atoms. The summed E-state index contributed by atoms with van der Waals surface area (Å²) < 4.78 is 13.2. The summed E-state index contributed by atoms with van der Waals surface area (Å²) in [5, 5.41) is 3.52. The number of halogens is 4. The van der Waals surface area contributed by atoms with Crippen LogP contribution >= 0.6 is 36.4 Å². The van der Waals surface area contributed by atoms with Crippen molar-refractivity contribution in [1.82, 2.24) is 10.2 Å². The van der Waals surface area contributed by atoms with Crippen LogP contribution in [-0.2, 0) is 0 Å². The lowest BCUT2D eigenvalue weighted by Gasteiger charge is -2.34. The molecule has 1 N–H and O–H groups in total. The Kier molecular flexibility index (Phi) is 9.43. The summed E-state index contributed by atoms with van der Waals surface area (Å²) in [6, 6.07) is 5.23. The minimum atomic E-state index is -0.363. The van der Waals surface area contributed by atoms with Gasteiger partial charge in [-0.15, -0.1) is 31.4 Å². The van der Waals surface area contributed by atoms with Crippen LogP contribution in [0.5, 0.6) is 0 Å². The van der Waals surface area contributed by atoms with Gasteiger partial charge in [-0.3, -0.25) is 4.90 Å². The average molecular weight is 342 g/mol. The van der Waals surface area contributed by atoms with Gasteiger partial charge in [0.2, 0.25) is 0 Å². The molecular formula is C14H20Cl3FN2. The molecule has 0 aromatic heterocycles. The lowest BCUT2D eigenvalue weighted by atomic mass is 10.0. The number of benzene rings is 1. The van der Waals surface area contributed by atoms with E-state index in [0.717, 1.165) is 38.2 Å². The first kappa shape index (κ1) is 19.7. The van der Waals surface area contributed by atoms with Crippen molar-refractivity contribution in [3.8, 4) is 0 Å². The van der Waals surface area contributed by atoms with E-state index < -0.39 is 0 Å². The number of hydrogen-bond donors (Lipinski definition) is 1. The van der Waals surface area contributed by atoms with E-state index in [4.69, 9.17) is 11.6 Å². The molecule has 0 unspecified atom stereocenters. The average Bonchev–Trinajstić information content (AvgIpc) is 2.40. The third kappa shape index (κ3) is 4.90. The predicted molar refractivity (Wildman–Crippen MR) is 87.9 cm³/mol. The first-order valence-electron chi connectivity index (χ1n) is 6.23. The second kappa shape index (κ2) is 9.59. The molecule has 6 heteroatoms. The molecule has 1 aliphatic rings. The van der Waals surface area contributed by atoms with Crippen molar-refractivity contribution in [1.29, 1.82) is 0 Å². The molecule has 2 nitrogen and oxygen atoms in total. The van der Waals surface area contributed by atoms with E-state index in [1.54, 1.807) is 6.07 Å². The highest BCUT2D eigenvalue weighted by Crippen LogP contribution is 2.28. The summed E-state index contributed by atoms with van der Waals surface area (Å²) >= 11 is 5.87. The Bertz CT molecular complexity index is 423. The van der Waals surface area contributed by atoms with Crippen LogP contribution in [0.4, 0.5) is 4.39 Å². The molecular weight excluding hydrogens is 322 g/mol. The number of nitrogens with zero attached hydrogens (tertiary/aromatic N) is 1. The van der Waals surface area contributed by atoms with Crippen LogP contribution < -0.4 is 5.32 Å². The van der Waals surface area contributed by atoms with Gasteiger partial charge in [0.15, 0.2) is 0 Å². The maximum atomic E-state index is 13.2. The van der Waals surface area contributed by atoms with Crippen LogP contribution in [-0.4, -0.2) is 31.1 Å². The maximum Gasteiger partial charge on any atom is 0.141 e. The molecule has 0 aliphatic carbocycles.